The lowest BCUT2D eigenvalue weighted by Crippen LogP contribution is -2.38. The molecule has 1 fully saturated rings. The maximum absolute atomic E-state index is 13.5. The average Bonchev–Trinajstić information content (AvgIpc) is 3.21. The van der Waals surface area contributed by atoms with E-state index < -0.39 is 0 Å². The SMILES string of the molecule is O=C(c1cccc2ccccc12)c1cccc2c1ccn2CCN1CCOCC1. The minimum atomic E-state index is 0.0818. The lowest BCUT2D eigenvalue weighted by atomic mass is 9.95. The first-order chi connectivity index (χ1) is 14.3. The van der Waals surface area contributed by atoms with Crippen LogP contribution in [-0.2, 0) is 11.3 Å². The number of aromatic nitrogens is 1. The summed E-state index contributed by atoms with van der Waals surface area (Å²) in [6.45, 7) is 5.52. The van der Waals surface area contributed by atoms with E-state index in [9.17, 15) is 4.79 Å². The number of rotatable bonds is 5. The number of morpholine rings is 1. The molecule has 4 aromatic rings. The standard InChI is InChI=1S/C25H24N2O2/c28-25(22-8-3-6-19-5-1-2-7-20(19)22)23-9-4-10-24-21(23)11-12-27(24)14-13-26-15-17-29-18-16-26/h1-12H,13-18H2. The molecule has 0 atom stereocenters. The van der Waals surface area contributed by atoms with E-state index in [1.54, 1.807) is 0 Å². The molecule has 0 amide bonds. The molecule has 0 bridgehead atoms. The van der Waals surface area contributed by atoms with Gasteiger partial charge in [0, 0.05) is 54.4 Å². The summed E-state index contributed by atoms with van der Waals surface area (Å²) in [6.07, 6.45) is 2.10. The van der Waals surface area contributed by atoms with Gasteiger partial charge in [-0.15, -0.1) is 0 Å². The van der Waals surface area contributed by atoms with Gasteiger partial charge < -0.3 is 9.30 Å². The Balaban J connectivity index is 1.47. The molecule has 0 aliphatic carbocycles. The highest BCUT2D eigenvalue weighted by Gasteiger charge is 2.17. The van der Waals surface area contributed by atoms with E-state index in [1.165, 1.54) is 0 Å². The van der Waals surface area contributed by atoms with Gasteiger partial charge in [0.25, 0.3) is 0 Å². The highest BCUT2D eigenvalue weighted by atomic mass is 16.5. The number of hydrogen-bond acceptors (Lipinski definition) is 3. The first-order valence-electron chi connectivity index (χ1n) is 10.2. The first kappa shape index (κ1) is 18.1. The largest absolute Gasteiger partial charge is 0.379 e. The molecule has 0 radical (unpaired) electrons. The fourth-order valence-electron chi connectivity index (χ4n) is 4.26. The number of fused-ring (bicyclic) bond motifs is 2. The molecule has 4 nitrogen and oxygen atoms in total. The van der Waals surface area contributed by atoms with Crippen molar-refractivity contribution in [3.05, 3.63) is 84.1 Å². The van der Waals surface area contributed by atoms with Gasteiger partial charge in [-0.25, -0.2) is 0 Å². The summed E-state index contributed by atoms with van der Waals surface area (Å²) in [5, 5.41) is 3.12. The summed E-state index contributed by atoms with van der Waals surface area (Å²) >= 11 is 0. The third kappa shape index (κ3) is 3.46. The van der Waals surface area contributed by atoms with Crippen LogP contribution in [0, 0.1) is 0 Å². The normalized spacial score (nSPS) is 15.2. The van der Waals surface area contributed by atoms with Crippen molar-refractivity contribution >= 4 is 27.5 Å². The van der Waals surface area contributed by atoms with Gasteiger partial charge in [0.05, 0.1) is 13.2 Å². The molecule has 0 unspecified atom stereocenters. The van der Waals surface area contributed by atoms with Crippen LogP contribution in [0.2, 0.25) is 0 Å². The summed E-state index contributed by atoms with van der Waals surface area (Å²) in [7, 11) is 0. The maximum Gasteiger partial charge on any atom is 0.194 e. The minimum Gasteiger partial charge on any atom is -0.379 e. The van der Waals surface area contributed by atoms with Crippen molar-refractivity contribution in [2.24, 2.45) is 0 Å². The molecule has 1 saturated heterocycles. The summed E-state index contributed by atoms with van der Waals surface area (Å²) in [6, 6.07) is 22.1. The minimum absolute atomic E-state index is 0.0818. The van der Waals surface area contributed by atoms with Gasteiger partial charge in [-0.2, -0.15) is 0 Å². The second-order valence-electron chi connectivity index (χ2n) is 7.56. The maximum atomic E-state index is 13.5. The monoisotopic (exact) mass is 384 g/mol. The fourth-order valence-corrected chi connectivity index (χ4v) is 4.26. The first-order valence-corrected chi connectivity index (χ1v) is 10.2. The number of carbonyl (C=O) groups excluding carboxylic acids is 1. The number of ketones is 1. The smallest absolute Gasteiger partial charge is 0.194 e. The van der Waals surface area contributed by atoms with Crippen molar-refractivity contribution in [1.82, 2.24) is 9.47 Å². The second kappa shape index (κ2) is 7.82. The molecule has 29 heavy (non-hydrogen) atoms. The Labute approximate surface area is 170 Å². The van der Waals surface area contributed by atoms with Crippen LogP contribution in [0.4, 0.5) is 0 Å². The lowest BCUT2D eigenvalue weighted by Gasteiger charge is -2.26. The zero-order valence-electron chi connectivity index (χ0n) is 16.4. The van der Waals surface area contributed by atoms with Crippen molar-refractivity contribution in [3.8, 4) is 0 Å². The van der Waals surface area contributed by atoms with Crippen molar-refractivity contribution in [3.63, 3.8) is 0 Å². The van der Waals surface area contributed by atoms with Gasteiger partial charge in [-0.1, -0.05) is 54.6 Å². The Kier molecular flexibility index (Phi) is 4.88. The highest BCUT2D eigenvalue weighted by molar-refractivity contribution is 6.21. The van der Waals surface area contributed by atoms with Crippen LogP contribution in [0.3, 0.4) is 0 Å². The van der Waals surface area contributed by atoms with Crippen molar-refractivity contribution in [2.45, 2.75) is 6.54 Å². The lowest BCUT2D eigenvalue weighted by molar-refractivity contribution is 0.0365. The third-order valence-corrected chi connectivity index (χ3v) is 5.85. The van der Waals surface area contributed by atoms with E-state index in [-0.39, 0.29) is 5.78 Å². The molecule has 0 saturated carbocycles. The second-order valence-corrected chi connectivity index (χ2v) is 7.56. The van der Waals surface area contributed by atoms with Crippen molar-refractivity contribution in [1.29, 1.82) is 0 Å². The Bertz CT molecular complexity index is 1170. The molecule has 4 heteroatoms. The summed E-state index contributed by atoms with van der Waals surface area (Å²) in [5.41, 5.74) is 2.64. The van der Waals surface area contributed by atoms with Crippen LogP contribution in [0.5, 0.6) is 0 Å². The average molecular weight is 384 g/mol. The Morgan fingerprint density at radius 2 is 1.52 bits per heavy atom. The summed E-state index contributed by atoms with van der Waals surface area (Å²) in [5.74, 6) is 0.0818. The molecule has 1 aliphatic rings. The van der Waals surface area contributed by atoms with E-state index >= 15 is 0 Å². The van der Waals surface area contributed by atoms with Gasteiger partial charge in [0.15, 0.2) is 5.78 Å². The van der Waals surface area contributed by atoms with Crippen LogP contribution in [0.25, 0.3) is 21.7 Å². The number of ether oxygens (including phenoxy) is 1. The molecule has 146 valence electrons. The Morgan fingerprint density at radius 1 is 0.793 bits per heavy atom. The molecule has 3 aromatic carbocycles. The van der Waals surface area contributed by atoms with Crippen LogP contribution in [0.15, 0.2) is 72.9 Å². The predicted octanol–water partition coefficient (Wildman–Crippen LogP) is 4.36. The van der Waals surface area contributed by atoms with Crippen LogP contribution in [0.1, 0.15) is 15.9 Å². The third-order valence-electron chi connectivity index (χ3n) is 5.85. The Hall–Kier alpha value is -2.95. The molecule has 1 aromatic heterocycles. The van der Waals surface area contributed by atoms with Crippen molar-refractivity contribution in [2.75, 3.05) is 32.8 Å². The summed E-state index contributed by atoms with van der Waals surface area (Å²) < 4.78 is 7.69. The van der Waals surface area contributed by atoms with E-state index in [0.29, 0.717) is 0 Å². The number of benzene rings is 3. The van der Waals surface area contributed by atoms with Gasteiger partial charge in [0.1, 0.15) is 0 Å². The number of hydrogen-bond donors (Lipinski definition) is 0. The van der Waals surface area contributed by atoms with E-state index in [0.717, 1.165) is 72.2 Å². The van der Waals surface area contributed by atoms with Crippen LogP contribution >= 0.6 is 0 Å². The van der Waals surface area contributed by atoms with Gasteiger partial charge in [0.2, 0.25) is 0 Å². The number of nitrogens with zero attached hydrogens (tertiary/aromatic N) is 2. The van der Waals surface area contributed by atoms with E-state index in [1.807, 2.05) is 42.5 Å². The molecule has 0 spiro atoms. The zero-order valence-corrected chi connectivity index (χ0v) is 16.4. The molecule has 0 N–H and O–H groups in total. The molecular weight excluding hydrogens is 360 g/mol. The molecular formula is C25H24N2O2. The molecule has 1 aliphatic heterocycles. The fraction of sp³-hybridized carbons (Fsp3) is 0.240. The predicted molar refractivity (Wildman–Crippen MR) is 117 cm³/mol. The number of carbonyl (C=O) groups is 1. The van der Waals surface area contributed by atoms with Gasteiger partial charge in [-0.05, 0) is 22.9 Å². The van der Waals surface area contributed by atoms with Gasteiger partial charge in [-0.3, -0.25) is 9.69 Å². The summed E-state index contributed by atoms with van der Waals surface area (Å²) in [4.78, 5) is 15.9. The van der Waals surface area contributed by atoms with Crippen LogP contribution in [-0.4, -0.2) is 48.1 Å². The Morgan fingerprint density at radius 3 is 2.38 bits per heavy atom. The topological polar surface area (TPSA) is 34.5 Å². The quantitative estimate of drug-likeness (QED) is 0.480. The van der Waals surface area contributed by atoms with E-state index in [2.05, 4.69) is 39.9 Å². The zero-order chi connectivity index (χ0) is 19.6. The highest BCUT2D eigenvalue weighted by Crippen LogP contribution is 2.26. The molecule has 2 heterocycles. The van der Waals surface area contributed by atoms with Crippen molar-refractivity contribution < 1.29 is 9.53 Å². The van der Waals surface area contributed by atoms with Crippen LogP contribution < -0.4 is 0 Å². The molecule has 5 rings (SSSR count). The van der Waals surface area contributed by atoms with Gasteiger partial charge >= 0.3 is 0 Å². The van der Waals surface area contributed by atoms with E-state index in [4.69, 9.17) is 4.74 Å².